The Kier molecular flexibility index (Phi) is 6.72. The molecule has 1 fully saturated rings. The highest BCUT2D eigenvalue weighted by Crippen LogP contribution is 2.11. The number of carbonyl (C=O) groups excluding carboxylic acids is 1. The Balaban J connectivity index is 1.40. The van der Waals surface area contributed by atoms with Crippen LogP contribution in [-0.2, 0) is 13.1 Å². The van der Waals surface area contributed by atoms with Gasteiger partial charge >= 0.3 is 0 Å². The standard InChI is InChI=1S/C24H26FN5O2/c1-28-11-13-29(14-12-28)17-19-4-2-3-18(15-19)16-26-24(32)22-9-10-23(31)30(27-22)21-7-5-20(25)6-8-21/h2-10,15H,11-14,16-17H2,1H3,(H,26,32). The first-order chi connectivity index (χ1) is 15.5. The predicted octanol–water partition coefficient (Wildman–Crippen LogP) is 2.05. The quantitative estimate of drug-likeness (QED) is 0.642. The minimum absolute atomic E-state index is 0.113. The monoisotopic (exact) mass is 435 g/mol. The third-order valence-corrected chi connectivity index (χ3v) is 5.55. The van der Waals surface area contributed by atoms with Crippen molar-refractivity contribution < 1.29 is 9.18 Å². The molecule has 0 spiro atoms. The van der Waals surface area contributed by atoms with Crippen LogP contribution in [0, 0.1) is 5.82 Å². The van der Waals surface area contributed by atoms with Gasteiger partial charge in [0.1, 0.15) is 11.5 Å². The van der Waals surface area contributed by atoms with Gasteiger partial charge in [-0.25, -0.2) is 4.39 Å². The first-order valence-corrected chi connectivity index (χ1v) is 10.6. The van der Waals surface area contributed by atoms with Crippen LogP contribution < -0.4 is 10.9 Å². The van der Waals surface area contributed by atoms with Crippen LogP contribution in [0.5, 0.6) is 0 Å². The number of hydrogen-bond acceptors (Lipinski definition) is 5. The molecule has 1 amide bonds. The number of benzene rings is 2. The Morgan fingerprint density at radius 1 is 1.00 bits per heavy atom. The van der Waals surface area contributed by atoms with Crippen LogP contribution >= 0.6 is 0 Å². The van der Waals surface area contributed by atoms with E-state index < -0.39 is 11.4 Å². The molecule has 0 unspecified atom stereocenters. The summed E-state index contributed by atoms with van der Waals surface area (Å²) in [6, 6.07) is 16.2. The van der Waals surface area contributed by atoms with Gasteiger partial charge in [-0.3, -0.25) is 14.5 Å². The van der Waals surface area contributed by atoms with Crippen molar-refractivity contribution in [2.75, 3.05) is 33.2 Å². The summed E-state index contributed by atoms with van der Waals surface area (Å²) >= 11 is 0. The highest BCUT2D eigenvalue weighted by Gasteiger charge is 2.14. The molecule has 0 radical (unpaired) electrons. The molecule has 1 aliphatic rings. The lowest BCUT2D eigenvalue weighted by Gasteiger charge is -2.32. The zero-order valence-corrected chi connectivity index (χ0v) is 18.0. The van der Waals surface area contributed by atoms with E-state index in [4.69, 9.17) is 0 Å². The molecule has 0 atom stereocenters. The summed E-state index contributed by atoms with van der Waals surface area (Å²) in [5, 5.41) is 7.01. The largest absolute Gasteiger partial charge is 0.347 e. The summed E-state index contributed by atoms with van der Waals surface area (Å²) in [5.74, 6) is -0.795. The molecule has 32 heavy (non-hydrogen) atoms. The smallest absolute Gasteiger partial charge is 0.272 e. The number of carbonyl (C=O) groups is 1. The Bertz CT molecular complexity index is 1140. The normalized spacial score (nSPS) is 14.9. The fourth-order valence-corrected chi connectivity index (χ4v) is 3.67. The topological polar surface area (TPSA) is 70.5 Å². The van der Waals surface area contributed by atoms with E-state index in [0.29, 0.717) is 12.2 Å². The predicted molar refractivity (Wildman–Crippen MR) is 120 cm³/mol. The SMILES string of the molecule is CN1CCN(Cc2cccc(CNC(=O)c3ccc(=O)n(-c4ccc(F)cc4)n3)c2)CC1. The number of piperazine rings is 1. The van der Waals surface area contributed by atoms with Crippen molar-refractivity contribution in [1.82, 2.24) is 24.9 Å². The van der Waals surface area contributed by atoms with Gasteiger partial charge in [0.15, 0.2) is 0 Å². The van der Waals surface area contributed by atoms with Crippen molar-refractivity contribution in [2.45, 2.75) is 13.1 Å². The average Bonchev–Trinajstić information content (AvgIpc) is 2.80. The number of hydrogen-bond donors (Lipinski definition) is 1. The Morgan fingerprint density at radius 2 is 1.72 bits per heavy atom. The molecule has 7 nitrogen and oxygen atoms in total. The second kappa shape index (κ2) is 9.84. The molecule has 0 saturated carbocycles. The molecule has 166 valence electrons. The van der Waals surface area contributed by atoms with Crippen LogP contribution in [0.4, 0.5) is 4.39 Å². The number of nitrogens with one attached hydrogen (secondary N) is 1. The molecule has 8 heteroatoms. The van der Waals surface area contributed by atoms with E-state index in [9.17, 15) is 14.0 Å². The third kappa shape index (κ3) is 5.46. The fourth-order valence-electron chi connectivity index (χ4n) is 3.67. The van der Waals surface area contributed by atoms with Crippen molar-refractivity contribution in [3.63, 3.8) is 0 Å². The molecule has 1 aliphatic heterocycles. The van der Waals surface area contributed by atoms with E-state index >= 15 is 0 Å². The number of aromatic nitrogens is 2. The molecular weight excluding hydrogens is 409 g/mol. The molecule has 4 rings (SSSR count). The maximum Gasteiger partial charge on any atom is 0.272 e. The Hall–Kier alpha value is -3.36. The number of amides is 1. The van der Waals surface area contributed by atoms with Crippen LogP contribution in [-0.4, -0.2) is 58.7 Å². The minimum atomic E-state index is -0.412. The van der Waals surface area contributed by atoms with E-state index in [-0.39, 0.29) is 11.6 Å². The van der Waals surface area contributed by atoms with Crippen molar-refractivity contribution in [3.05, 3.63) is 93.7 Å². The summed E-state index contributed by atoms with van der Waals surface area (Å²) in [5.41, 5.74) is 2.32. The van der Waals surface area contributed by atoms with E-state index in [0.717, 1.165) is 43.0 Å². The maximum atomic E-state index is 13.2. The van der Waals surface area contributed by atoms with Gasteiger partial charge in [-0.05, 0) is 48.5 Å². The zero-order chi connectivity index (χ0) is 22.5. The van der Waals surface area contributed by atoms with Gasteiger partial charge in [-0.2, -0.15) is 9.78 Å². The third-order valence-electron chi connectivity index (χ3n) is 5.55. The van der Waals surface area contributed by atoms with Crippen LogP contribution in [0.3, 0.4) is 0 Å². The van der Waals surface area contributed by atoms with Crippen molar-refractivity contribution in [2.24, 2.45) is 0 Å². The van der Waals surface area contributed by atoms with Crippen molar-refractivity contribution in [1.29, 1.82) is 0 Å². The van der Waals surface area contributed by atoms with Gasteiger partial charge in [0, 0.05) is 45.3 Å². The maximum absolute atomic E-state index is 13.2. The number of likely N-dealkylation sites (N-methyl/N-ethyl adjacent to an activating group) is 1. The minimum Gasteiger partial charge on any atom is -0.347 e. The lowest BCUT2D eigenvalue weighted by molar-refractivity contribution is 0.0944. The van der Waals surface area contributed by atoms with Crippen molar-refractivity contribution in [3.8, 4) is 5.69 Å². The van der Waals surface area contributed by atoms with E-state index in [1.807, 2.05) is 12.1 Å². The Labute approximate surface area is 186 Å². The van der Waals surface area contributed by atoms with E-state index in [1.165, 1.54) is 42.0 Å². The van der Waals surface area contributed by atoms with E-state index in [1.54, 1.807) is 0 Å². The molecule has 2 heterocycles. The van der Waals surface area contributed by atoms with Gasteiger partial charge in [0.25, 0.3) is 11.5 Å². The lowest BCUT2D eigenvalue weighted by atomic mass is 10.1. The number of halogens is 1. The second-order valence-electron chi connectivity index (χ2n) is 8.03. The van der Waals surface area contributed by atoms with Gasteiger partial charge < -0.3 is 10.2 Å². The average molecular weight is 436 g/mol. The molecule has 3 aromatic rings. The van der Waals surface area contributed by atoms with Gasteiger partial charge in [-0.1, -0.05) is 24.3 Å². The summed E-state index contributed by atoms with van der Waals surface area (Å²) in [6.07, 6.45) is 0. The number of rotatable bonds is 6. The molecule has 0 bridgehead atoms. The Morgan fingerprint density at radius 3 is 2.47 bits per heavy atom. The highest BCUT2D eigenvalue weighted by molar-refractivity contribution is 5.92. The lowest BCUT2D eigenvalue weighted by Crippen LogP contribution is -2.43. The zero-order valence-electron chi connectivity index (χ0n) is 18.0. The summed E-state index contributed by atoms with van der Waals surface area (Å²) < 4.78 is 14.3. The first-order valence-electron chi connectivity index (χ1n) is 10.6. The molecule has 0 aliphatic carbocycles. The number of nitrogens with zero attached hydrogens (tertiary/aromatic N) is 4. The van der Waals surface area contributed by atoms with Gasteiger partial charge in [-0.15, -0.1) is 0 Å². The van der Waals surface area contributed by atoms with Crippen LogP contribution in [0.25, 0.3) is 5.69 Å². The molecule has 1 N–H and O–H groups in total. The van der Waals surface area contributed by atoms with Gasteiger partial charge in [0.2, 0.25) is 0 Å². The molecule has 1 saturated heterocycles. The summed E-state index contributed by atoms with van der Waals surface area (Å²) in [7, 11) is 2.14. The molecular formula is C24H26FN5O2. The van der Waals surface area contributed by atoms with E-state index in [2.05, 4.69) is 39.4 Å². The van der Waals surface area contributed by atoms with Crippen LogP contribution in [0.2, 0.25) is 0 Å². The van der Waals surface area contributed by atoms with Crippen LogP contribution in [0.15, 0.2) is 65.5 Å². The second-order valence-corrected chi connectivity index (χ2v) is 8.03. The van der Waals surface area contributed by atoms with Gasteiger partial charge in [0.05, 0.1) is 5.69 Å². The summed E-state index contributed by atoms with van der Waals surface area (Å²) in [4.78, 5) is 29.5. The van der Waals surface area contributed by atoms with Crippen molar-refractivity contribution >= 4 is 5.91 Å². The fraction of sp³-hybridized carbons (Fsp3) is 0.292. The summed E-state index contributed by atoms with van der Waals surface area (Å²) in [6.45, 7) is 5.48. The first kappa shape index (κ1) is 21.9. The molecule has 2 aromatic carbocycles. The molecule has 1 aromatic heterocycles. The highest BCUT2D eigenvalue weighted by atomic mass is 19.1. The van der Waals surface area contributed by atoms with Crippen LogP contribution in [0.1, 0.15) is 21.6 Å².